The van der Waals surface area contributed by atoms with Crippen LogP contribution in [0.2, 0.25) is 0 Å². The molecule has 1 aromatic heterocycles. The highest BCUT2D eigenvalue weighted by Crippen LogP contribution is 2.41. The van der Waals surface area contributed by atoms with Crippen molar-refractivity contribution < 1.29 is 33.9 Å². The van der Waals surface area contributed by atoms with Gasteiger partial charge in [-0.2, -0.15) is 0 Å². The van der Waals surface area contributed by atoms with Gasteiger partial charge in [0.2, 0.25) is 0 Å². The normalized spacial score (nSPS) is 11.4. The Labute approximate surface area is 210 Å². The molecule has 1 heterocycles. The first-order valence-corrected chi connectivity index (χ1v) is 13.5. The van der Waals surface area contributed by atoms with E-state index in [2.05, 4.69) is 28.1 Å². The Bertz CT molecular complexity index is 1190. The van der Waals surface area contributed by atoms with E-state index in [-0.39, 0.29) is 11.7 Å². The number of hydrogen-bond donors (Lipinski definition) is 4. The predicted molar refractivity (Wildman–Crippen MR) is 136 cm³/mol. The summed E-state index contributed by atoms with van der Waals surface area (Å²) in [6.45, 7) is 2.60. The molecule has 34 heavy (non-hydrogen) atoms. The van der Waals surface area contributed by atoms with E-state index >= 15 is 0 Å². The number of phenols is 1. The number of phosphoric acid groups is 1. The van der Waals surface area contributed by atoms with Crippen molar-refractivity contribution in [2.75, 3.05) is 20.7 Å². The summed E-state index contributed by atoms with van der Waals surface area (Å²) in [7, 11) is 1.19. The van der Waals surface area contributed by atoms with E-state index in [9.17, 15) is 9.90 Å². The second-order valence-corrected chi connectivity index (χ2v) is 10.5. The Morgan fingerprint density at radius 1 is 1.21 bits per heavy atom. The van der Waals surface area contributed by atoms with Crippen LogP contribution in [0.3, 0.4) is 0 Å². The van der Waals surface area contributed by atoms with Crippen LogP contribution in [0.15, 0.2) is 45.8 Å². The number of aryl methyl sites for hydroxylation is 1. The van der Waals surface area contributed by atoms with Crippen LogP contribution in [-0.4, -0.2) is 55.9 Å². The van der Waals surface area contributed by atoms with E-state index in [1.54, 1.807) is 18.7 Å². The van der Waals surface area contributed by atoms with E-state index in [1.807, 2.05) is 54.9 Å². The number of carbonyl (C=O) groups excluding carboxylic acids is 1. The van der Waals surface area contributed by atoms with Gasteiger partial charge in [-0.15, -0.1) is 11.8 Å². The van der Waals surface area contributed by atoms with Crippen LogP contribution in [0.25, 0.3) is 10.9 Å². The molecule has 0 radical (unpaired) electrons. The Kier molecular flexibility index (Phi) is 10.2. The molecule has 0 atom stereocenters. The lowest BCUT2D eigenvalue weighted by atomic mass is 10.0. The first-order valence-electron chi connectivity index (χ1n) is 10.1. The molecule has 0 fully saturated rings. The minimum atomic E-state index is -4.64. The van der Waals surface area contributed by atoms with Crippen molar-refractivity contribution in [2.24, 2.45) is 7.05 Å². The monoisotopic (exact) mass is 574 g/mol. The number of aromatic hydroxyl groups is 1. The molecular formula is C22H28BrN2O7PS. The zero-order valence-electron chi connectivity index (χ0n) is 19.2. The third-order valence-corrected chi connectivity index (χ3v) is 6.34. The van der Waals surface area contributed by atoms with E-state index in [1.165, 1.54) is 0 Å². The first kappa shape index (κ1) is 28.4. The quantitative estimate of drug-likeness (QED) is 0.186. The number of esters is 1. The lowest BCUT2D eigenvalue weighted by Gasteiger charge is -2.15. The molecule has 0 saturated carbocycles. The van der Waals surface area contributed by atoms with Gasteiger partial charge in [0.15, 0.2) is 0 Å². The van der Waals surface area contributed by atoms with Crippen LogP contribution in [0.1, 0.15) is 28.5 Å². The van der Waals surface area contributed by atoms with Gasteiger partial charge in [-0.25, -0.2) is 9.36 Å². The molecule has 0 aliphatic carbocycles. The van der Waals surface area contributed by atoms with E-state index in [0.29, 0.717) is 34.5 Å². The third kappa shape index (κ3) is 7.58. The highest BCUT2D eigenvalue weighted by molar-refractivity contribution is 9.10. The van der Waals surface area contributed by atoms with Crippen LogP contribution in [-0.2, 0) is 28.6 Å². The van der Waals surface area contributed by atoms with Crippen molar-refractivity contribution in [3.05, 3.63) is 57.7 Å². The molecule has 3 aromatic rings. The minimum Gasteiger partial charge on any atom is -0.506 e. The highest BCUT2D eigenvalue weighted by Gasteiger charge is 2.27. The summed E-state index contributed by atoms with van der Waals surface area (Å²) in [6, 6.07) is 12.0. The zero-order valence-corrected chi connectivity index (χ0v) is 22.5. The number of benzene rings is 2. The highest BCUT2D eigenvalue weighted by atomic mass is 79.9. The Morgan fingerprint density at radius 2 is 1.79 bits per heavy atom. The number of carbonyl (C=O) groups is 1. The molecule has 0 aliphatic rings. The lowest BCUT2D eigenvalue weighted by molar-refractivity contribution is 0.0527. The molecule has 12 heteroatoms. The Hall–Kier alpha value is -1.85. The Morgan fingerprint density at radius 3 is 2.32 bits per heavy atom. The topological polar surface area (TPSA) is 132 Å². The zero-order chi connectivity index (χ0) is 25.6. The standard InChI is InChI=1S/C22H25BrN2O3S.H3O4P/c1-5-28-22(27)20-18(13-29-14-9-7-6-8-10-14)25(4)17-11-16(23)21(26)15(19(17)20)12-24(2)3;1-5(2,3)4/h6-11,26H,5,12-13H2,1-4H3;(H3,1,2,3,4). The van der Waals surface area contributed by atoms with Gasteiger partial charge in [-0.3, -0.25) is 0 Å². The molecular weight excluding hydrogens is 547 g/mol. The summed E-state index contributed by atoms with van der Waals surface area (Å²) in [5.74, 6) is 0.413. The van der Waals surface area contributed by atoms with E-state index < -0.39 is 7.82 Å². The number of halogens is 1. The molecule has 0 aliphatic heterocycles. The number of rotatable bonds is 7. The van der Waals surface area contributed by atoms with Gasteiger partial charge >= 0.3 is 13.8 Å². The van der Waals surface area contributed by atoms with Crippen LogP contribution in [0.4, 0.5) is 0 Å². The average molecular weight is 575 g/mol. The maximum Gasteiger partial charge on any atom is 0.466 e. The lowest BCUT2D eigenvalue weighted by Crippen LogP contribution is -2.13. The summed E-state index contributed by atoms with van der Waals surface area (Å²) in [5, 5.41) is 11.5. The Balaban J connectivity index is 0.000000739. The van der Waals surface area contributed by atoms with E-state index in [4.69, 9.17) is 24.0 Å². The summed E-state index contributed by atoms with van der Waals surface area (Å²) in [5.41, 5.74) is 3.02. The molecule has 2 aromatic carbocycles. The van der Waals surface area contributed by atoms with Gasteiger partial charge in [-0.05, 0) is 55.1 Å². The molecule has 0 spiro atoms. The maximum atomic E-state index is 13.0. The summed E-state index contributed by atoms with van der Waals surface area (Å²) in [6.07, 6.45) is 0. The van der Waals surface area contributed by atoms with Gasteiger partial charge < -0.3 is 34.0 Å². The second-order valence-electron chi connectivity index (χ2n) is 7.53. The molecule has 0 saturated heterocycles. The summed E-state index contributed by atoms with van der Waals surface area (Å²) < 4.78 is 16.9. The van der Waals surface area contributed by atoms with Gasteiger partial charge in [0.05, 0.1) is 22.2 Å². The van der Waals surface area contributed by atoms with Crippen molar-refractivity contribution in [3.8, 4) is 5.75 Å². The fraction of sp³-hybridized carbons (Fsp3) is 0.318. The first-order chi connectivity index (χ1) is 15.8. The summed E-state index contributed by atoms with van der Waals surface area (Å²) in [4.78, 5) is 37.7. The smallest absolute Gasteiger partial charge is 0.466 e. The summed E-state index contributed by atoms with van der Waals surface area (Å²) >= 11 is 5.13. The average Bonchev–Trinajstić information content (AvgIpc) is 3.01. The fourth-order valence-corrected chi connectivity index (χ4v) is 4.86. The van der Waals surface area contributed by atoms with Crippen molar-refractivity contribution in [1.29, 1.82) is 0 Å². The van der Waals surface area contributed by atoms with Gasteiger partial charge in [0, 0.05) is 40.9 Å². The number of aromatic nitrogens is 1. The predicted octanol–water partition coefficient (Wildman–Crippen LogP) is 4.25. The van der Waals surface area contributed by atoms with Crippen molar-refractivity contribution in [3.63, 3.8) is 0 Å². The van der Waals surface area contributed by atoms with Crippen molar-refractivity contribution in [1.82, 2.24) is 9.47 Å². The van der Waals surface area contributed by atoms with Gasteiger partial charge in [0.25, 0.3) is 0 Å². The SMILES string of the molecule is CCOC(=O)c1c(CSc2ccccc2)n(C)c2cc(Br)c(O)c(CN(C)C)c12.O=P(O)(O)O. The fourth-order valence-electron chi connectivity index (χ4n) is 3.41. The molecule has 186 valence electrons. The largest absolute Gasteiger partial charge is 0.506 e. The number of hydrogen-bond acceptors (Lipinski definition) is 6. The third-order valence-electron chi connectivity index (χ3n) is 4.71. The van der Waals surface area contributed by atoms with Crippen molar-refractivity contribution >= 4 is 52.4 Å². The molecule has 0 unspecified atom stereocenters. The number of phenolic OH excluding ortho intramolecular Hbond substituents is 1. The van der Waals surface area contributed by atoms with Crippen molar-refractivity contribution in [2.45, 2.75) is 24.1 Å². The molecule has 9 nitrogen and oxygen atoms in total. The number of nitrogens with zero attached hydrogens (tertiary/aromatic N) is 2. The van der Waals surface area contributed by atoms with Gasteiger partial charge in [0.1, 0.15) is 5.75 Å². The minimum absolute atomic E-state index is 0.157. The number of fused-ring (bicyclic) bond motifs is 1. The van der Waals surface area contributed by atoms with E-state index in [0.717, 1.165) is 21.5 Å². The number of thioether (sulfide) groups is 1. The van der Waals surface area contributed by atoms with Gasteiger partial charge in [-0.1, -0.05) is 18.2 Å². The van der Waals surface area contributed by atoms with Crippen LogP contribution >= 0.6 is 35.5 Å². The number of ether oxygens (including phenoxy) is 1. The second kappa shape index (κ2) is 12.2. The van der Waals surface area contributed by atoms with Crippen LogP contribution < -0.4 is 0 Å². The molecule has 4 N–H and O–H groups in total. The van der Waals surface area contributed by atoms with Crippen LogP contribution in [0, 0.1) is 0 Å². The molecule has 0 amide bonds. The molecule has 3 rings (SSSR count). The van der Waals surface area contributed by atoms with Crippen LogP contribution in [0.5, 0.6) is 5.75 Å². The maximum absolute atomic E-state index is 13.0. The molecule has 0 bridgehead atoms.